The van der Waals surface area contributed by atoms with Crippen molar-refractivity contribution in [2.24, 2.45) is 0 Å². The first-order valence-corrected chi connectivity index (χ1v) is 9.65. The van der Waals surface area contributed by atoms with Gasteiger partial charge in [0.15, 0.2) is 0 Å². The second kappa shape index (κ2) is 6.71. The van der Waals surface area contributed by atoms with Crippen LogP contribution in [0.2, 0.25) is 0 Å². The summed E-state index contributed by atoms with van der Waals surface area (Å²) in [6.45, 7) is 0. The van der Waals surface area contributed by atoms with E-state index in [2.05, 4.69) is 10.3 Å². The Morgan fingerprint density at radius 3 is 2.68 bits per heavy atom. The van der Waals surface area contributed by atoms with Gasteiger partial charge in [-0.3, -0.25) is 9.00 Å². The van der Waals surface area contributed by atoms with E-state index in [4.69, 9.17) is 0 Å². The maximum Gasteiger partial charge on any atom is 0.233 e. The molecule has 1 heterocycles. The average Bonchev–Trinajstić information content (AvgIpc) is 2.96. The molecule has 116 valence electrons. The number of benzene rings is 1. The number of rotatable bonds is 6. The topological polar surface area (TPSA) is 59.1 Å². The van der Waals surface area contributed by atoms with E-state index in [1.54, 1.807) is 6.20 Å². The lowest BCUT2D eigenvalue weighted by Crippen LogP contribution is -2.51. The van der Waals surface area contributed by atoms with Crippen molar-refractivity contribution in [3.8, 4) is 0 Å². The Labute approximate surface area is 136 Å². The van der Waals surface area contributed by atoms with Gasteiger partial charge < -0.3 is 5.32 Å². The fourth-order valence-electron chi connectivity index (χ4n) is 2.74. The summed E-state index contributed by atoms with van der Waals surface area (Å²) in [5, 5.41) is 5.77. The van der Waals surface area contributed by atoms with Gasteiger partial charge >= 0.3 is 0 Å². The third-order valence-electron chi connectivity index (χ3n) is 3.97. The summed E-state index contributed by atoms with van der Waals surface area (Å²) in [6, 6.07) is 10.0. The summed E-state index contributed by atoms with van der Waals surface area (Å²) < 4.78 is 12.1. The molecule has 0 saturated heterocycles. The molecule has 1 N–H and O–H groups in total. The number of aromatic nitrogens is 1. The fraction of sp³-hybridized carbons (Fsp3) is 0.375. The third kappa shape index (κ3) is 3.44. The molecular weight excluding hydrogens is 316 g/mol. The summed E-state index contributed by atoms with van der Waals surface area (Å²) >= 11 is 1.47. The molecule has 1 fully saturated rings. The summed E-state index contributed by atoms with van der Waals surface area (Å²) in [5.74, 6) is 0.246. The van der Waals surface area contributed by atoms with Gasteiger partial charge in [0.2, 0.25) is 5.91 Å². The van der Waals surface area contributed by atoms with Crippen molar-refractivity contribution in [3.05, 3.63) is 52.5 Å². The Morgan fingerprint density at radius 1 is 1.32 bits per heavy atom. The monoisotopic (exact) mass is 334 g/mol. The highest BCUT2D eigenvalue weighted by Gasteiger charge is 2.39. The molecule has 0 bridgehead atoms. The van der Waals surface area contributed by atoms with Gasteiger partial charge in [0.25, 0.3) is 0 Å². The van der Waals surface area contributed by atoms with Crippen LogP contribution in [0.3, 0.4) is 0 Å². The highest BCUT2D eigenvalue weighted by atomic mass is 32.2. The average molecular weight is 334 g/mol. The smallest absolute Gasteiger partial charge is 0.233 e. The Bertz CT molecular complexity index is 652. The molecule has 6 heteroatoms. The zero-order valence-corrected chi connectivity index (χ0v) is 13.8. The van der Waals surface area contributed by atoms with Crippen molar-refractivity contribution >= 4 is 28.0 Å². The van der Waals surface area contributed by atoms with Crippen molar-refractivity contribution < 1.29 is 9.00 Å². The van der Waals surface area contributed by atoms with Crippen LogP contribution in [-0.2, 0) is 26.9 Å². The number of carbonyl (C=O) groups excluding carboxylic acids is 1. The van der Waals surface area contributed by atoms with Gasteiger partial charge in [-0.25, -0.2) is 4.98 Å². The molecular formula is C16H18N2O2S2. The molecule has 4 nitrogen and oxygen atoms in total. The van der Waals surface area contributed by atoms with Crippen LogP contribution < -0.4 is 5.32 Å². The highest BCUT2D eigenvalue weighted by Crippen LogP contribution is 2.41. The summed E-state index contributed by atoms with van der Waals surface area (Å²) in [6.07, 6.45) is 4.69. The van der Waals surface area contributed by atoms with Crippen LogP contribution in [0, 0.1) is 0 Å². The quantitative estimate of drug-likeness (QED) is 0.883. The predicted molar refractivity (Wildman–Crippen MR) is 88.9 cm³/mol. The van der Waals surface area contributed by atoms with Gasteiger partial charge in [0.1, 0.15) is 10.8 Å². The molecule has 2 aromatic rings. The molecule has 22 heavy (non-hydrogen) atoms. The Morgan fingerprint density at radius 2 is 2.09 bits per heavy atom. The van der Waals surface area contributed by atoms with Crippen LogP contribution in [0.4, 0.5) is 0 Å². The lowest BCUT2D eigenvalue weighted by atomic mass is 9.72. The molecule has 1 unspecified atom stereocenters. The number of amides is 1. The maximum absolute atomic E-state index is 12.2. The summed E-state index contributed by atoms with van der Waals surface area (Å²) in [4.78, 5) is 16.3. The van der Waals surface area contributed by atoms with E-state index >= 15 is 0 Å². The van der Waals surface area contributed by atoms with E-state index in [-0.39, 0.29) is 17.2 Å². The first-order valence-electron chi connectivity index (χ1n) is 7.28. The third-order valence-corrected chi connectivity index (χ3v) is 6.11. The van der Waals surface area contributed by atoms with E-state index in [0.29, 0.717) is 5.75 Å². The van der Waals surface area contributed by atoms with Crippen LogP contribution in [0.1, 0.15) is 29.8 Å². The van der Waals surface area contributed by atoms with Gasteiger partial charge in [-0.05, 0) is 24.8 Å². The van der Waals surface area contributed by atoms with Crippen LogP contribution >= 0.6 is 11.3 Å². The fourth-order valence-corrected chi connectivity index (χ4v) is 4.62. The molecule has 0 aliphatic heterocycles. The van der Waals surface area contributed by atoms with Crippen molar-refractivity contribution in [2.45, 2.75) is 30.6 Å². The van der Waals surface area contributed by atoms with Crippen LogP contribution in [-0.4, -0.2) is 20.9 Å². The van der Waals surface area contributed by atoms with Gasteiger partial charge in [0, 0.05) is 22.4 Å². The highest BCUT2D eigenvalue weighted by molar-refractivity contribution is 7.85. The minimum atomic E-state index is -1.21. The van der Waals surface area contributed by atoms with Crippen molar-refractivity contribution in [1.82, 2.24) is 10.3 Å². The Kier molecular flexibility index (Phi) is 4.69. The first kappa shape index (κ1) is 15.4. The van der Waals surface area contributed by atoms with E-state index < -0.39 is 10.8 Å². The van der Waals surface area contributed by atoms with Crippen LogP contribution in [0.25, 0.3) is 0 Å². The maximum atomic E-state index is 12.2. The van der Waals surface area contributed by atoms with Crippen molar-refractivity contribution in [2.75, 3.05) is 5.75 Å². The number of thiazole rings is 1. The largest absolute Gasteiger partial charge is 0.346 e. The molecule has 1 aliphatic carbocycles. The number of nitrogens with one attached hydrogen (secondary N) is 1. The summed E-state index contributed by atoms with van der Waals surface area (Å²) in [7, 11) is -1.21. The lowest BCUT2D eigenvalue weighted by Gasteiger charge is -2.43. The first-order chi connectivity index (χ1) is 10.7. The van der Waals surface area contributed by atoms with Gasteiger partial charge in [-0.2, -0.15) is 0 Å². The predicted octanol–water partition coefficient (Wildman–Crippen LogP) is 2.59. The minimum Gasteiger partial charge on any atom is -0.346 e. The molecule has 0 radical (unpaired) electrons. The van der Waals surface area contributed by atoms with Crippen molar-refractivity contribution in [1.29, 1.82) is 0 Å². The zero-order chi connectivity index (χ0) is 15.4. The molecule has 1 saturated carbocycles. The van der Waals surface area contributed by atoms with Crippen LogP contribution in [0.15, 0.2) is 41.9 Å². The number of hydrogen-bond donors (Lipinski definition) is 1. The van der Waals surface area contributed by atoms with E-state index in [0.717, 1.165) is 29.8 Å². The normalized spacial score (nSPS) is 17.5. The molecule has 1 aliphatic rings. The lowest BCUT2D eigenvalue weighted by molar-refractivity contribution is -0.121. The Hall–Kier alpha value is -1.53. The molecule has 3 rings (SSSR count). The minimum absolute atomic E-state index is 0.0359. The second-order valence-electron chi connectivity index (χ2n) is 5.50. The van der Waals surface area contributed by atoms with Crippen LogP contribution in [0.5, 0.6) is 0 Å². The Balaban J connectivity index is 1.60. The van der Waals surface area contributed by atoms with Gasteiger partial charge in [0.05, 0.1) is 11.3 Å². The molecule has 1 aromatic carbocycles. The SMILES string of the molecule is O=C(CS(=O)Cc1nccs1)NC1(c2ccccc2)CCC1. The summed E-state index contributed by atoms with van der Waals surface area (Å²) in [5.41, 5.74) is 0.879. The zero-order valence-electron chi connectivity index (χ0n) is 12.2. The van der Waals surface area contributed by atoms with E-state index in [1.165, 1.54) is 11.3 Å². The number of nitrogens with zero attached hydrogens (tertiary/aromatic N) is 1. The molecule has 0 spiro atoms. The van der Waals surface area contributed by atoms with Gasteiger partial charge in [-0.1, -0.05) is 30.3 Å². The number of hydrogen-bond acceptors (Lipinski definition) is 4. The van der Waals surface area contributed by atoms with Crippen molar-refractivity contribution in [3.63, 3.8) is 0 Å². The van der Waals surface area contributed by atoms with E-state index in [1.807, 2.05) is 35.7 Å². The second-order valence-corrected chi connectivity index (χ2v) is 7.94. The van der Waals surface area contributed by atoms with E-state index in [9.17, 15) is 9.00 Å². The molecule has 1 amide bonds. The number of carbonyl (C=O) groups is 1. The molecule has 1 atom stereocenters. The standard InChI is InChI=1S/C16H18N2O2S2/c19-14(11-22(20)12-15-17-9-10-21-15)18-16(7-4-8-16)13-5-2-1-3-6-13/h1-3,5-6,9-10H,4,7-8,11-12H2,(H,18,19). The molecule has 1 aromatic heterocycles. The van der Waals surface area contributed by atoms with Gasteiger partial charge in [-0.15, -0.1) is 11.3 Å².